The summed E-state index contributed by atoms with van der Waals surface area (Å²) in [6.07, 6.45) is -3.10. The number of halogens is 3. The first-order chi connectivity index (χ1) is 17.1. The number of H-pyrrole nitrogens is 1. The van der Waals surface area contributed by atoms with Gasteiger partial charge in [-0.2, -0.15) is 13.2 Å². The number of carbonyl (C=O) groups excluding carboxylic acids is 2. The fourth-order valence-corrected chi connectivity index (χ4v) is 3.55. The molecular weight excluding hydrogens is 479 g/mol. The molecule has 0 aliphatic rings. The minimum Gasteiger partial charge on any atom is -0.493 e. The zero-order valence-corrected chi connectivity index (χ0v) is 19.1. The molecule has 2 heterocycles. The molecule has 0 aliphatic carbocycles. The van der Waals surface area contributed by atoms with Crippen molar-refractivity contribution >= 4 is 34.4 Å². The molecule has 0 aliphatic heterocycles. The third-order valence-electron chi connectivity index (χ3n) is 5.31. The summed E-state index contributed by atoms with van der Waals surface area (Å²) in [6, 6.07) is 11.5. The third kappa shape index (κ3) is 4.78. The van der Waals surface area contributed by atoms with Gasteiger partial charge in [0.25, 0.3) is 5.91 Å². The van der Waals surface area contributed by atoms with E-state index in [0.717, 1.165) is 23.7 Å². The van der Waals surface area contributed by atoms with Gasteiger partial charge in [0, 0.05) is 17.4 Å². The summed E-state index contributed by atoms with van der Waals surface area (Å²) < 4.78 is 47.3. The monoisotopic (exact) mass is 499 g/mol. The van der Waals surface area contributed by atoms with Crippen LogP contribution in [0.1, 0.15) is 22.8 Å². The molecular formula is C24H20F3N5O4. The van der Waals surface area contributed by atoms with Crippen molar-refractivity contribution in [2.75, 3.05) is 12.4 Å². The zero-order valence-electron chi connectivity index (χ0n) is 19.1. The summed E-state index contributed by atoms with van der Waals surface area (Å²) in [5.74, 6) is -3.33. The van der Waals surface area contributed by atoms with Crippen molar-refractivity contribution in [1.29, 1.82) is 0 Å². The summed E-state index contributed by atoms with van der Waals surface area (Å²) in [7, 11) is 1.22. The highest BCUT2D eigenvalue weighted by Gasteiger charge is 2.41. The zero-order chi connectivity index (χ0) is 26.0. The van der Waals surface area contributed by atoms with Crippen molar-refractivity contribution < 1.29 is 32.2 Å². The molecule has 186 valence electrons. The molecule has 2 aromatic heterocycles. The van der Waals surface area contributed by atoms with Crippen molar-refractivity contribution in [3.63, 3.8) is 0 Å². The van der Waals surface area contributed by atoms with E-state index in [0.29, 0.717) is 22.4 Å². The van der Waals surface area contributed by atoms with Crippen LogP contribution >= 0.6 is 0 Å². The molecule has 0 radical (unpaired) electrons. The molecule has 0 unspecified atom stereocenters. The smallest absolute Gasteiger partial charge is 0.491 e. The maximum atomic E-state index is 12.6. The summed E-state index contributed by atoms with van der Waals surface area (Å²) in [4.78, 5) is 35.2. The number of ether oxygens (including phenoxy) is 2. The molecule has 0 saturated carbocycles. The van der Waals surface area contributed by atoms with Crippen molar-refractivity contribution in [1.82, 2.24) is 15.0 Å². The van der Waals surface area contributed by atoms with Gasteiger partial charge in [-0.25, -0.2) is 14.8 Å². The van der Waals surface area contributed by atoms with Gasteiger partial charge in [-0.1, -0.05) is 25.1 Å². The first-order valence-corrected chi connectivity index (χ1v) is 10.6. The predicted molar refractivity (Wildman–Crippen MR) is 125 cm³/mol. The van der Waals surface area contributed by atoms with Crippen LogP contribution in [0.2, 0.25) is 0 Å². The maximum absolute atomic E-state index is 12.6. The molecule has 2 aromatic carbocycles. The second-order valence-corrected chi connectivity index (χ2v) is 7.58. The average molecular weight is 499 g/mol. The van der Waals surface area contributed by atoms with E-state index in [1.807, 2.05) is 31.2 Å². The van der Waals surface area contributed by atoms with E-state index in [4.69, 9.17) is 10.5 Å². The van der Waals surface area contributed by atoms with Crippen LogP contribution in [0.3, 0.4) is 0 Å². The van der Waals surface area contributed by atoms with Gasteiger partial charge in [0.1, 0.15) is 11.3 Å². The summed E-state index contributed by atoms with van der Waals surface area (Å²) in [6.45, 7) is 1.99. The van der Waals surface area contributed by atoms with Crippen LogP contribution in [-0.4, -0.2) is 40.1 Å². The number of nitrogens with two attached hydrogens (primary N) is 1. The number of aryl methyl sites for hydroxylation is 1. The van der Waals surface area contributed by atoms with Crippen LogP contribution < -0.4 is 20.5 Å². The van der Waals surface area contributed by atoms with Gasteiger partial charge in [0.15, 0.2) is 17.1 Å². The number of imidazole rings is 1. The summed E-state index contributed by atoms with van der Waals surface area (Å²) in [5, 5.41) is 3.24. The number of pyridine rings is 1. The molecule has 36 heavy (non-hydrogen) atoms. The number of carbonyl (C=O) groups is 2. The van der Waals surface area contributed by atoms with Gasteiger partial charge in [0.2, 0.25) is 0 Å². The number of nitrogens with zero attached hydrogens (tertiary/aromatic N) is 2. The largest absolute Gasteiger partial charge is 0.493 e. The lowest BCUT2D eigenvalue weighted by Crippen LogP contribution is -2.28. The molecule has 9 nitrogen and oxygen atoms in total. The number of hydrogen-bond acceptors (Lipinski definition) is 7. The minimum absolute atomic E-state index is 0.119. The van der Waals surface area contributed by atoms with Gasteiger partial charge < -0.3 is 25.5 Å². The number of hydrogen-bond donors (Lipinski definition) is 3. The molecule has 4 N–H and O–H groups in total. The Labute approximate surface area is 202 Å². The number of alkyl halides is 3. The molecule has 12 heteroatoms. The van der Waals surface area contributed by atoms with Crippen molar-refractivity contribution in [2.45, 2.75) is 19.5 Å². The Kier molecular flexibility index (Phi) is 6.51. The Hall–Kier alpha value is -4.61. The number of fused-ring (bicyclic) bond motifs is 1. The number of nitrogens with one attached hydrogen (secondary N) is 2. The minimum atomic E-state index is -5.16. The number of aromatic amines is 1. The number of rotatable bonds is 7. The van der Waals surface area contributed by atoms with Crippen LogP contribution in [-0.2, 0) is 11.2 Å². The molecule has 0 fully saturated rings. The number of esters is 1. The Balaban J connectivity index is 1.78. The fraction of sp³-hybridized carbons (Fsp3) is 0.167. The van der Waals surface area contributed by atoms with Gasteiger partial charge in [-0.15, -0.1) is 0 Å². The van der Waals surface area contributed by atoms with Gasteiger partial charge in [-0.3, -0.25) is 4.79 Å². The van der Waals surface area contributed by atoms with Crippen LogP contribution in [0.5, 0.6) is 11.5 Å². The Morgan fingerprint density at radius 3 is 2.56 bits per heavy atom. The topological polar surface area (TPSA) is 132 Å². The SMILES string of the molecule is CCc1ccccc1Nc1c(C(N)=O)cnc2[nH]c(-c3ccc(OC(=O)C(F)(F)F)c(OC)c3)nc12. The lowest BCUT2D eigenvalue weighted by molar-refractivity contribution is -0.189. The summed E-state index contributed by atoms with van der Waals surface area (Å²) >= 11 is 0. The molecule has 4 rings (SSSR count). The molecule has 1 amide bonds. The molecule has 0 atom stereocenters. The van der Waals surface area contributed by atoms with Gasteiger partial charge >= 0.3 is 12.1 Å². The molecule has 0 spiro atoms. The van der Waals surface area contributed by atoms with Crippen LogP contribution in [0.4, 0.5) is 24.5 Å². The summed E-state index contributed by atoms with van der Waals surface area (Å²) in [5.41, 5.74) is 8.86. The van der Waals surface area contributed by atoms with E-state index in [1.54, 1.807) is 0 Å². The lowest BCUT2D eigenvalue weighted by atomic mass is 10.1. The Morgan fingerprint density at radius 2 is 1.89 bits per heavy atom. The second kappa shape index (κ2) is 9.56. The quantitative estimate of drug-likeness (QED) is 0.252. The van der Waals surface area contributed by atoms with E-state index >= 15 is 0 Å². The maximum Gasteiger partial charge on any atom is 0.491 e. The predicted octanol–water partition coefficient (Wildman–Crippen LogP) is 4.51. The van der Waals surface area contributed by atoms with Crippen LogP contribution in [0, 0.1) is 0 Å². The van der Waals surface area contributed by atoms with Crippen LogP contribution in [0.25, 0.3) is 22.6 Å². The van der Waals surface area contributed by atoms with E-state index < -0.39 is 23.8 Å². The van der Waals surface area contributed by atoms with Crippen molar-refractivity contribution in [3.8, 4) is 22.9 Å². The number of methoxy groups -OCH3 is 1. The van der Waals surface area contributed by atoms with Crippen molar-refractivity contribution in [2.24, 2.45) is 5.73 Å². The fourth-order valence-electron chi connectivity index (χ4n) is 3.55. The third-order valence-corrected chi connectivity index (χ3v) is 5.31. The van der Waals surface area contributed by atoms with Gasteiger partial charge in [-0.05, 0) is 36.2 Å². The van der Waals surface area contributed by atoms with E-state index in [9.17, 15) is 22.8 Å². The highest BCUT2D eigenvalue weighted by Crippen LogP contribution is 2.35. The van der Waals surface area contributed by atoms with E-state index in [1.165, 1.54) is 25.4 Å². The van der Waals surface area contributed by atoms with Gasteiger partial charge in [0.05, 0.1) is 18.4 Å². The molecule has 0 saturated heterocycles. The Bertz CT molecular complexity index is 1470. The second-order valence-electron chi connectivity index (χ2n) is 7.58. The number of anilines is 2. The standard InChI is InChI=1S/C24H20F3N5O4/c1-3-12-6-4-5-7-15(12)30-18-14(20(28)33)11-29-22-19(18)31-21(32-22)13-8-9-16(17(10-13)35-2)36-23(34)24(25,26)27/h4-11H,3H2,1-2H3,(H2,28,33)(H2,29,30,31,32). The molecule has 0 bridgehead atoms. The van der Waals surface area contributed by atoms with Crippen LogP contribution in [0.15, 0.2) is 48.7 Å². The van der Waals surface area contributed by atoms with E-state index in [-0.39, 0.29) is 17.1 Å². The normalized spacial score (nSPS) is 11.4. The molecule has 4 aromatic rings. The van der Waals surface area contributed by atoms with Crippen molar-refractivity contribution in [3.05, 3.63) is 59.8 Å². The number of para-hydroxylation sites is 1. The lowest BCUT2D eigenvalue weighted by Gasteiger charge is -2.13. The first-order valence-electron chi connectivity index (χ1n) is 10.6. The average Bonchev–Trinajstić information content (AvgIpc) is 3.29. The highest BCUT2D eigenvalue weighted by molar-refractivity contribution is 6.06. The Morgan fingerprint density at radius 1 is 1.14 bits per heavy atom. The number of amides is 1. The first kappa shape index (κ1) is 24.5. The highest BCUT2D eigenvalue weighted by atomic mass is 19.4. The number of benzene rings is 2. The number of primary amides is 1. The van der Waals surface area contributed by atoms with E-state index in [2.05, 4.69) is 25.0 Å². The number of aromatic nitrogens is 3.